The lowest BCUT2D eigenvalue weighted by Crippen LogP contribution is -2.31. The van der Waals surface area contributed by atoms with Crippen LogP contribution < -0.4 is 5.32 Å². The van der Waals surface area contributed by atoms with Gasteiger partial charge in [0.05, 0.1) is 0 Å². The van der Waals surface area contributed by atoms with Crippen molar-refractivity contribution in [3.8, 4) is 0 Å². The third-order valence-electron chi connectivity index (χ3n) is 3.65. The van der Waals surface area contributed by atoms with E-state index in [0.717, 1.165) is 5.33 Å². The maximum atomic E-state index is 12.7. The topological polar surface area (TPSA) is 29.1 Å². The molecule has 1 aliphatic rings. The summed E-state index contributed by atoms with van der Waals surface area (Å²) in [5.41, 5.74) is 0.518. The first-order valence-electron chi connectivity index (χ1n) is 6.30. The molecule has 1 fully saturated rings. The highest BCUT2D eigenvalue weighted by Crippen LogP contribution is 2.32. The van der Waals surface area contributed by atoms with Gasteiger partial charge in [-0.2, -0.15) is 0 Å². The van der Waals surface area contributed by atoms with Crippen molar-refractivity contribution >= 4 is 21.8 Å². The number of rotatable bonds is 4. The van der Waals surface area contributed by atoms with Crippen molar-refractivity contribution in [2.75, 3.05) is 11.9 Å². The van der Waals surface area contributed by atoms with Crippen molar-refractivity contribution in [3.63, 3.8) is 0 Å². The van der Waals surface area contributed by atoms with Crippen LogP contribution in [0.15, 0.2) is 24.3 Å². The first-order chi connectivity index (χ1) is 8.70. The Morgan fingerprint density at radius 3 is 2.61 bits per heavy atom. The van der Waals surface area contributed by atoms with Crippen molar-refractivity contribution in [1.82, 2.24) is 5.32 Å². The minimum absolute atomic E-state index is 0.116. The van der Waals surface area contributed by atoms with Crippen molar-refractivity contribution in [2.24, 2.45) is 11.8 Å². The molecule has 4 heteroatoms. The molecule has 2 nitrogen and oxygen atoms in total. The quantitative estimate of drug-likeness (QED) is 0.848. The maximum Gasteiger partial charge on any atom is 0.251 e. The average Bonchev–Trinajstić information content (AvgIpc) is 2.84. The van der Waals surface area contributed by atoms with Crippen LogP contribution in [0.2, 0.25) is 0 Å². The Hall–Kier alpha value is -0.900. The summed E-state index contributed by atoms with van der Waals surface area (Å²) in [6.07, 6.45) is 3.66. The SMILES string of the molecule is O=C(NCC1CCCC1CBr)c1ccc(F)cc1. The summed E-state index contributed by atoms with van der Waals surface area (Å²) >= 11 is 3.52. The Labute approximate surface area is 115 Å². The Balaban J connectivity index is 1.86. The highest BCUT2D eigenvalue weighted by Gasteiger charge is 2.26. The average molecular weight is 314 g/mol. The molecule has 0 spiro atoms. The molecule has 98 valence electrons. The molecule has 2 atom stereocenters. The van der Waals surface area contributed by atoms with Gasteiger partial charge >= 0.3 is 0 Å². The van der Waals surface area contributed by atoms with E-state index in [9.17, 15) is 9.18 Å². The number of hydrogen-bond acceptors (Lipinski definition) is 1. The van der Waals surface area contributed by atoms with E-state index >= 15 is 0 Å². The molecule has 0 bridgehead atoms. The summed E-state index contributed by atoms with van der Waals surface area (Å²) in [5, 5.41) is 3.95. The second kappa shape index (κ2) is 6.32. The zero-order valence-electron chi connectivity index (χ0n) is 10.2. The number of nitrogens with one attached hydrogen (secondary N) is 1. The molecule has 0 heterocycles. The molecule has 0 saturated heterocycles. The van der Waals surface area contributed by atoms with Crippen LogP contribution in [0.1, 0.15) is 29.6 Å². The largest absolute Gasteiger partial charge is 0.352 e. The van der Waals surface area contributed by atoms with Gasteiger partial charge in [0, 0.05) is 17.4 Å². The molecule has 2 unspecified atom stereocenters. The van der Waals surface area contributed by atoms with Gasteiger partial charge in [-0.05, 0) is 48.9 Å². The summed E-state index contributed by atoms with van der Waals surface area (Å²) in [6.45, 7) is 0.715. The van der Waals surface area contributed by atoms with E-state index in [1.165, 1.54) is 43.5 Å². The van der Waals surface area contributed by atoms with Gasteiger partial charge < -0.3 is 5.32 Å². The fourth-order valence-corrected chi connectivity index (χ4v) is 3.37. The van der Waals surface area contributed by atoms with Crippen LogP contribution in [-0.4, -0.2) is 17.8 Å². The van der Waals surface area contributed by atoms with E-state index in [0.29, 0.717) is 23.9 Å². The number of hydrogen-bond donors (Lipinski definition) is 1. The van der Waals surface area contributed by atoms with Crippen LogP contribution in [0.5, 0.6) is 0 Å². The van der Waals surface area contributed by atoms with E-state index in [1.807, 2.05) is 0 Å². The van der Waals surface area contributed by atoms with Crippen LogP contribution in [0.4, 0.5) is 4.39 Å². The van der Waals surface area contributed by atoms with Crippen LogP contribution in [0.3, 0.4) is 0 Å². The van der Waals surface area contributed by atoms with E-state index in [4.69, 9.17) is 0 Å². The smallest absolute Gasteiger partial charge is 0.251 e. The van der Waals surface area contributed by atoms with Gasteiger partial charge in [0.25, 0.3) is 5.91 Å². The molecular formula is C14H17BrFNO. The third-order valence-corrected chi connectivity index (χ3v) is 4.48. The van der Waals surface area contributed by atoms with Crippen molar-refractivity contribution in [2.45, 2.75) is 19.3 Å². The van der Waals surface area contributed by atoms with Crippen LogP contribution >= 0.6 is 15.9 Å². The normalized spacial score (nSPS) is 23.0. The maximum absolute atomic E-state index is 12.7. The molecular weight excluding hydrogens is 297 g/mol. The Bertz CT molecular complexity index is 407. The Morgan fingerprint density at radius 2 is 1.94 bits per heavy atom. The lowest BCUT2D eigenvalue weighted by atomic mass is 9.98. The van der Waals surface area contributed by atoms with Crippen LogP contribution in [-0.2, 0) is 0 Å². The molecule has 2 rings (SSSR count). The second-order valence-electron chi connectivity index (χ2n) is 4.82. The number of carbonyl (C=O) groups excluding carboxylic acids is 1. The zero-order chi connectivity index (χ0) is 13.0. The molecule has 1 N–H and O–H groups in total. The molecule has 0 aliphatic heterocycles. The predicted octanol–water partition coefficient (Wildman–Crippen LogP) is 3.37. The molecule has 1 saturated carbocycles. The van der Waals surface area contributed by atoms with E-state index < -0.39 is 0 Å². The molecule has 18 heavy (non-hydrogen) atoms. The molecule has 1 aliphatic carbocycles. The lowest BCUT2D eigenvalue weighted by Gasteiger charge is -2.17. The summed E-state index contributed by atoms with van der Waals surface area (Å²) in [5.74, 6) is 0.796. The summed E-state index contributed by atoms with van der Waals surface area (Å²) < 4.78 is 12.7. The van der Waals surface area contributed by atoms with E-state index in [2.05, 4.69) is 21.2 Å². The van der Waals surface area contributed by atoms with Crippen molar-refractivity contribution in [1.29, 1.82) is 0 Å². The van der Waals surface area contributed by atoms with Crippen molar-refractivity contribution < 1.29 is 9.18 Å². The minimum atomic E-state index is -0.318. The fraction of sp³-hybridized carbons (Fsp3) is 0.500. The second-order valence-corrected chi connectivity index (χ2v) is 5.47. The molecule has 0 radical (unpaired) electrons. The van der Waals surface area contributed by atoms with E-state index in [1.54, 1.807) is 0 Å². The monoisotopic (exact) mass is 313 g/mol. The molecule has 1 aromatic rings. The fourth-order valence-electron chi connectivity index (χ4n) is 2.51. The Morgan fingerprint density at radius 1 is 1.28 bits per heavy atom. The van der Waals surface area contributed by atoms with Gasteiger partial charge in [0.15, 0.2) is 0 Å². The summed E-state index contributed by atoms with van der Waals surface area (Å²) in [4.78, 5) is 11.9. The third kappa shape index (κ3) is 3.31. The number of alkyl halides is 1. The van der Waals surface area contributed by atoms with Gasteiger partial charge in [0.1, 0.15) is 5.82 Å². The predicted molar refractivity (Wildman–Crippen MR) is 73.4 cm³/mol. The van der Waals surface area contributed by atoms with Gasteiger partial charge in [-0.15, -0.1) is 0 Å². The summed E-state index contributed by atoms with van der Waals surface area (Å²) in [6, 6.07) is 5.65. The number of benzene rings is 1. The number of halogens is 2. The van der Waals surface area contributed by atoms with Crippen molar-refractivity contribution in [3.05, 3.63) is 35.6 Å². The van der Waals surface area contributed by atoms with Gasteiger partial charge in [-0.1, -0.05) is 22.4 Å². The van der Waals surface area contributed by atoms with Gasteiger partial charge in [-0.25, -0.2) is 4.39 Å². The first-order valence-corrected chi connectivity index (χ1v) is 7.42. The number of amides is 1. The number of carbonyl (C=O) groups is 1. The first kappa shape index (κ1) is 13.5. The van der Waals surface area contributed by atoms with Gasteiger partial charge in [0.2, 0.25) is 0 Å². The molecule has 0 aromatic heterocycles. The zero-order valence-corrected chi connectivity index (χ0v) is 11.7. The van der Waals surface area contributed by atoms with E-state index in [-0.39, 0.29) is 11.7 Å². The standard InChI is InChI=1S/C14H17BrFNO/c15-8-11-2-1-3-12(11)9-17-14(18)10-4-6-13(16)7-5-10/h4-7,11-12H,1-3,8-9H2,(H,17,18). The molecule has 1 aromatic carbocycles. The molecule has 1 amide bonds. The minimum Gasteiger partial charge on any atom is -0.352 e. The highest BCUT2D eigenvalue weighted by atomic mass is 79.9. The summed E-state index contributed by atoms with van der Waals surface area (Å²) in [7, 11) is 0. The van der Waals surface area contributed by atoms with Crippen LogP contribution in [0, 0.1) is 17.7 Å². The van der Waals surface area contributed by atoms with Gasteiger partial charge in [-0.3, -0.25) is 4.79 Å². The Kier molecular flexibility index (Phi) is 4.75. The lowest BCUT2D eigenvalue weighted by molar-refractivity contribution is 0.0945. The highest BCUT2D eigenvalue weighted by molar-refractivity contribution is 9.09. The van der Waals surface area contributed by atoms with Crippen LogP contribution in [0.25, 0.3) is 0 Å².